The normalized spacial score (nSPS) is 10.5. The van der Waals surface area contributed by atoms with Gasteiger partial charge in [0.15, 0.2) is 0 Å². The molecule has 1 rings (SSSR count). The Morgan fingerprint density at radius 3 is 2.54 bits per heavy atom. The zero-order chi connectivity index (χ0) is 9.36. The topological polar surface area (TPSA) is 43.8 Å². The summed E-state index contributed by atoms with van der Waals surface area (Å²) in [4.78, 5) is 4.00. The Kier molecular flexibility index (Phi) is 5.25. The van der Waals surface area contributed by atoms with E-state index in [4.69, 9.17) is 5.73 Å². The summed E-state index contributed by atoms with van der Waals surface area (Å²) in [6.07, 6.45) is 12.0. The molecule has 2 N–H and O–H groups in total. The summed E-state index contributed by atoms with van der Waals surface area (Å²) in [6.45, 7) is 1.93. The molecular formula is C10H19N3. The van der Waals surface area contributed by atoms with Crippen LogP contribution in [0, 0.1) is 0 Å². The van der Waals surface area contributed by atoms with Crippen LogP contribution in [0.4, 0.5) is 0 Å². The molecule has 1 aromatic heterocycles. The van der Waals surface area contributed by atoms with Crippen LogP contribution in [0.25, 0.3) is 0 Å². The molecule has 0 aliphatic heterocycles. The molecule has 0 aliphatic carbocycles. The lowest BCUT2D eigenvalue weighted by Crippen LogP contribution is -1.98. The lowest BCUT2D eigenvalue weighted by molar-refractivity contribution is 0.562. The second-order valence-electron chi connectivity index (χ2n) is 3.36. The third kappa shape index (κ3) is 4.68. The van der Waals surface area contributed by atoms with E-state index in [1.54, 1.807) is 0 Å². The van der Waals surface area contributed by atoms with Crippen LogP contribution in [0.2, 0.25) is 0 Å². The molecule has 3 heteroatoms. The second-order valence-corrected chi connectivity index (χ2v) is 3.36. The molecule has 0 bridgehead atoms. The quantitative estimate of drug-likeness (QED) is 0.652. The number of rotatable bonds is 7. The van der Waals surface area contributed by atoms with Crippen molar-refractivity contribution in [2.24, 2.45) is 5.73 Å². The Hall–Kier alpha value is -0.830. The van der Waals surface area contributed by atoms with E-state index in [0.717, 1.165) is 13.1 Å². The number of nitrogens with zero attached hydrogens (tertiary/aromatic N) is 2. The average molecular weight is 181 g/mol. The summed E-state index contributed by atoms with van der Waals surface area (Å²) in [7, 11) is 0. The first kappa shape index (κ1) is 10.3. The van der Waals surface area contributed by atoms with E-state index in [1.165, 1.54) is 32.1 Å². The van der Waals surface area contributed by atoms with Crippen LogP contribution >= 0.6 is 0 Å². The SMILES string of the molecule is NCCCCCCCn1ccnc1. The maximum absolute atomic E-state index is 5.41. The van der Waals surface area contributed by atoms with Crippen molar-refractivity contribution in [3.63, 3.8) is 0 Å². The van der Waals surface area contributed by atoms with Crippen molar-refractivity contribution in [1.29, 1.82) is 0 Å². The Morgan fingerprint density at radius 2 is 1.85 bits per heavy atom. The van der Waals surface area contributed by atoms with Crippen LogP contribution in [0.3, 0.4) is 0 Å². The smallest absolute Gasteiger partial charge is 0.0945 e. The summed E-state index contributed by atoms with van der Waals surface area (Å²) in [5.41, 5.74) is 5.41. The van der Waals surface area contributed by atoms with Gasteiger partial charge in [-0.25, -0.2) is 4.98 Å². The van der Waals surface area contributed by atoms with E-state index >= 15 is 0 Å². The van der Waals surface area contributed by atoms with E-state index in [9.17, 15) is 0 Å². The molecule has 3 nitrogen and oxygen atoms in total. The standard InChI is InChI=1S/C10H19N3/c11-6-4-2-1-3-5-8-13-9-7-12-10-13/h7,9-10H,1-6,8,11H2. The zero-order valence-corrected chi connectivity index (χ0v) is 8.15. The monoisotopic (exact) mass is 181 g/mol. The summed E-state index contributed by atoms with van der Waals surface area (Å²) in [6, 6.07) is 0. The van der Waals surface area contributed by atoms with E-state index in [1.807, 2.05) is 18.7 Å². The number of aryl methyl sites for hydroxylation is 1. The van der Waals surface area contributed by atoms with Gasteiger partial charge in [-0.05, 0) is 19.4 Å². The Balaban J connectivity index is 1.90. The van der Waals surface area contributed by atoms with Gasteiger partial charge in [0.05, 0.1) is 6.33 Å². The molecule has 0 aromatic carbocycles. The fourth-order valence-corrected chi connectivity index (χ4v) is 1.39. The minimum absolute atomic E-state index is 0.835. The predicted octanol–water partition coefficient (Wildman–Crippen LogP) is 1.79. The molecule has 13 heavy (non-hydrogen) atoms. The van der Waals surface area contributed by atoms with Crippen LogP contribution in [-0.4, -0.2) is 16.1 Å². The second kappa shape index (κ2) is 6.66. The average Bonchev–Trinajstić information content (AvgIpc) is 2.63. The van der Waals surface area contributed by atoms with Crippen molar-refractivity contribution in [2.75, 3.05) is 6.54 Å². The molecule has 0 saturated carbocycles. The maximum atomic E-state index is 5.41. The summed E-state index contributed by atoms with van der Waals surface area (Å²) >= 11 is 0. The highest BCUT2D eigenvalue weighted by atomic mass is 15.0. The van der Waals surface area contributed by atoms with Crippen LogP contribution in [0.1, 0.15) is 32.1 Å². The molecule has 0 spiro atoms. The molecule has 1 heterocycles. The number of imidazole rings is 1. The molecule has 0 radical (unpaired) electrons. The molecule has 1 aromatic rings. The first-order valence-electron chi connectivity index (χ1n) is 5.09. The fourth-order valence-electron chi connectivity index (χ4n) is 1.39. The molecule has 0 unspecified atom stereocenters. The largest absolute Gasteiger partial charge is 0.337 e. The summed E-state index contributed by atoms with van der Waals surface area (Å²) < 4.78 is 2.13. The number of nitrogens with two attached hydrogens (primary N) is 1. The number of aromatic nitrogens is 2. The van der Waals surface area contributed by atoms with Crippen molar-refractivity contribution in [1.82, 2.24) is 9.55 Å². The first-order chi connectivity index (χ1) is 6.43. The Bertz CT molecular complexity index is 194. The molecule has 0 saturated heterocycles. The third-order valence-electron chi connectivity index (χ3n) is 2.18. The first-order valence-corrected chi connectivity index (χ1v) is 5.09. The van der Waals surface area contributed by atoms with Crippen molar-refractivity contribution in [3.8, 4) is 0 Å². The van der Waals surface area contributed by atoms with Crippen LogP contribution in [-0.2, 0) is 6.54 Å². The van der Waals surface area contributed by atoms with Gasteiger partial charge in [-0.2, -0.15) is 0 Å². The highest BCUT2D eigenvalue weighted by molar-refractivity contribution is 4.73. The van der Waals surface area contributed by atoms with Crippen molar-refractivity contribution in [2.45, 2.75) is 38.6 Å². The van der Waals surface area contributed by atoms with E-state index < -0.39 is 0 Å². The van der Waals surface area contributed by atoms with E-state index in [0.29, 0.717) is 0 Å². The zero-order valence-electron chi connectivity index (χ0n) is 8.15. The molecule has 74 valence electrons. The molecule has 0 atom stereocenters. The number of unbranched alkanes of at least 4 members (excludes halogenated alkanes) is 4. The highest BCUT2D eigenvalue weighted by Crippen LogP contribution is 2.03. The lowest BCUT2D eigenvalue weighted by Gasteiger charge is -2.01. The van der Waals surface area contributed by atoms with Crippen LogP contribution < -0.4 is 5.73 Å². The van der Waals surface area contributed by atoms with Crippen molar-refractivity contribution in [3.05, 3.63) is 18.7 Å². The fraction of sp³-hybridized carbons (Fsp3) is 0.700. The van der Waals surface area contributed by atoms with Gasteiger partial charge in [0.1, 0.15) is 0 Å². The number of hydrogen-bond acceptors (Lipinski definition) is 2. The lowest BCUT2D eigenvalue weighted by atomic mass is 10.1. The van der Waals surface area contributed by atoms with Gasteiger partial charge in [-0.1, -0.05) is 19.3 Å². The van der Waals surface area contributed by atoms with E-state index in [-0.39, 0.29) is 0 Å². The highest BCUT2D eigenvalue weighted by Gasteiger charge is 1.91. The molecular weight excluding hydrogens is 162 g/mol. The van der Waals surface area contributed by atoms with Gasteiger partial charge in [0.2, 0.25) is 0 Å². The van der Waals surface area contributed by atoms with Crippen LogP contribution in [0.5, 0.6) is 0 Å². The minimum atomic E-state index is 0.835. The Labute approximate surface area is 80.0 Å². The number of hydrogen-bond donors (Lipinski definition) is 1. The van der Waals surface area contributed by atoms with E-state index in [2.05, 4.69) is 9.55 Å². The third-order valence-corrected chi connectivity index (χ3v) is 2.18. The van der Waals surface area contributed by atoms with Gasteiger partial charge >= 0.3 is 0 Å². The van der Waals surface area contributed by atoms with Gasteiger partial charge in [-0.15, -0.1) is 0 Å². The maximum Gasteiger partial charge on any atom is 0.0945 e. The Morgan fingerprint density at radius 1 is 1.08 bits per heavy atom. The summed E-state index contributed by atoms with van der Waals surface area (Å²) in [5.74, 6) is 0. The van der Waals surface area contributed by atoms with Gasteiger partial charge in [0, 0.05) is 18.9 Å². The van der Waals surface area contributed by atoms with Crippen molar-refractivity contribution < 1.29 is 0 Å². The minimum Gasteiger partial charge on any atom is -0.337 e. The van der Waals surface area contributed by atoms with Gasteiger partial charge in [0.25, 0.3) is 0 Å². The molecule has 0 fully saturated rings. The van der Waals surface area contributed by atoms with Gasteiger partial charge < -0.3 is 10.3 Å². The van der Waals surface area contributed by atoms with Gasteiger partial charge in [-0.3, -0.25) is 0 Å². The molecule has 0 aliphatic rings. The van der Waals surface area contributed by atoms with Crippen molar-refractivity contribution >= 4 is 0 Å². The van der Waals surface area contributed by atoms with Crippen LogP contribution in [0.15, 0.2) is 18.7 Å². The predicted molar refractivity (Wildman–Crippen MR) is 54.4 cm³/mol. The summed E-state index contributed by atoms with van der Waals surface area (Å²) in [5, 5.41) is 0. The molecule has 0 amide bonds.